The number of carbonyl (C=O) groups excluding carboxylic acids is 1. The van der Waals surface area contributed by atoms with Crippen molar-refractivity contribution in [3.63, 3.8) is 0 Å². The summed E-state index contributed by atoms with van der Waals surface area (Å²) in [5.41, 5.74) is 3.47. The summed E-state index contributed by atoms with van der Waals surface area (Å²) in [6.45, 7) is 0. The van der Waals surface area contributed by atoms with Crippen LogP contribution in [0.1, 0.15) is 15.2 Å². The van der Waals surface area contributed by atoms with Gasteiger partial charge in [0.2, 0.25) is 5.78 Å². The zero-order valence-corrected chi connectivity index (χ0v) is 17.8. The minimum Gasteiger partial charge on any atom is -0.497 e. The third-order valence-corrected chi connectivity index (χ3v) is 6.26. The van der Waals surface area contributed by atoms with E-state index in [1.54, 1.807) is 31.4 Å². The van der Waals surface area contributed by atoms with Gasteiger partial charge in [-0.1, -0.05) is 47.5 Å². The van der Waals surface area contributed by atoms with Gasteiger partial charge >= 0.3 is 0 Å². The Bertz CT molecular complexity index is 1150. The maximum Gasteiger partial charge on any atom is 0.203 e. The van der Waals surface area contributed by atoms with Crippen LogP contribution in [0.5, 0.6) is 5.75 Å². The molecule has 29 heavy (non-hydrogen) atoms. The monoisotopic (exact) mass is 438 g/mol. The number of ether oxygens (including phenoxy) is 1. The second-order valence-electron chi connectivity index (χ2n) is 6.42. The number of halogens is 2. The zero-order valence-electron chi connectivity index (χ0n) is 15.5. The van der Waals surface area contributed by atoms with Gasteiger partial charge in [-0.05, 0) is 65.7 Å². The third-order valence-electron chi connectivity index (χ3n) is 4.57. The lowest BCUT2D eigenvalue weighted by Crippen LogP contribution is -2.00. The van der Waals surface area contributed by atoms with E-state index in [-0.39, 0.29) is 5.78 Å². The second-order valence-corrected chi connectivity index (χ2v) is 8.35. The Morgan fingerprint density at radius 2 is 1.34 bits per heavy atom. The molecular weight excluding hydrogens is 423 g/mol. The molecule has 0 atom stereocenters. The summed E-state index contributed by atoms with van der Waals surface area (Å²) in [6.07, 6.45) is 0. The normalized spacial score (nSPS) is 10.7. The summed E-state index contributed by atoms with van der Waals surface area (Å²) in [5.74, 6) is 0.741. The van der Waals surface area contributed by atoms with Crippen LogP contribution in [0.15, 0.2) is 78.9 Å². The lowest BCUT2D eigenvalue weighted by atomic mass is 10.0. The van der Waals surface area contributed by atoms with Crippen LogP contribution in [0.25, 0.3) is 21.6 Å². The highest BCUT2D eigenvalue weighted by Gasteiger charge is 2.20. The molecule has 4 rings (SSSR count). The van der Waals surface area contributed by atoms with E-state index in [2.05, 4.69) is 6.07 Å². The standard InChI is InChI=1S/C24H16Cl2O2S/c1-28-20-12-6-15(7-13-20)21-14-22(16-2-8-18(25)9-3-16)29-24(21)23(27)17-4-10-19(26)11-5-17/h2-14H,1H3. The summed E-state index contributed by atoms with van der Waals surface area (Å²) in [6, 6.07) is 24.4. The van der Waals surface area contributed by atoms with Crippen LogP contribution >= 0.6 is 34.5 Å². The fraction of sp³-hybridized carbons (Fsp3) is 0.0417. The molecule has 0 aliphatic rings. The molecule has 1 aromatic heterocycles. The maximum atomic E-state index is 13.3. The molecule has 0 unspecified atom stereocenters. The molecule has 0 saturated heterocycles. The number of ketones is 1. The highest BCUT2D eigenvalue weighted by atomic mass is 35.5. The van der Waals surface area contributed by atoms with Gasteiger partial charge in [0.05, 0.1) is 12.0 Å². The van der Waals surface area contributed by atoms with Gasteiger partial charge in [-0.15, -0.1) is 11.3 Å². The van der Waals surface area contributed by atoms with Crippen molar-refractivity contribution in [1.82, 2.24) is 0 Å². The number of hydrogen-bond donors (Lipinski definition) is 0. The summed E-state index contributed by atoms with van der Waals surface area (Å²) < 4.78 is 5.26. The van der Waals surface area contributed by atoms with Crippen LogP contribution in [0.4, 0.5) is 0 Å². The molecule has 0 aliphatic carbocycles. The molecular formula is C24H16Cl2O2S. The van der Waals surface area contributed by atoms with Crippen molar-refractivity contribution in [1.29, 1.82) is 0 Å². The van der Waals surface area contributed by atoms with Gasteiger partial charge in [0.15, 0.2) is 0 Å². The van der Waals surface area contributed by atoms with Crippen LogP contribution < -0.4 is 4.74 Å². The minimum absolute atomic E-state index is 0.0299. The first-order chi connectivity index (χ1) is 14.0. The fourth-order valence-electron chi connectivity index (χ4n) is 3.03. The van der Waals surface area contributed by atoms with Gasteiger partial charge in [-0.3, -0.25) is 4.79 Å². The number of methoxy groups -OCH3 is 1. The first-order valence-corrected chi connectivity index (χ1v) is 10.5. The average molecular weight is 439 g/mol. The van der Waals surface area contributed by atoms with Crippen molar-refractivity contribution < 1.29 is 9.53 Å². The van der Waals surface area contributed by atoms with E-state index in [0.29, 0.717) is 20.5 Å². The van der Waals surface area contributed by atoms with Crippen molar-refractivity contribution in [3.05, 3.63) is 99.3 Å². The highest BCUT2D eigenvalue weighted by molar-refractivity contribution is 7.18. The molecule has 0 saturated carbocycles. The molecule has 5 heteroatoms. The molecule has 3 aromatic carbocycles. The summed E-state index contributed by atoms with van der Waals surface area (Å²) >= 11 is 13.5. The first-order valence-electron chi connectivity index (χ1n) is 8.89. The highest BCUT2D eigenvalue weighted by Crippen LogP contribution is 2.39. The van der Waals surface area contributed by atoms with Gasteiger partial charge in [0, 0.05) is 26.0 Å². The number of carbonyl (C=O) groups is 1. The van der Waals surface area contributed by atoms with E-state index < -0.39 is 0 Å². The second kappa shape index (κ2) is 8.42. The molecule has 144 valence electrons. The Morgan fingerprint density at radius 1 is 0.793 bits per heavy atom. The van der Waals surface area contributed by atoms with Gasteiger partial charge in [-0.25, -0.2) is 0 Å². The van der Waals surface area contributed by atoms with Gasteiger partial charge in [0.25, 0.3) is 0 Å². The molecule has 0 amide bonds. The van der Waals surface area contributed by atoms with Crippen LogP contribution in [0.2, 0.25) is 10.0 Å². The minimum atomic E-state index is -0.0299. The van der Waals surface area contributed by atoms with Crippen molar-refractivity contribution in [2.45, 2.75) is 0 Å². The van der Waals surface area contributed by atoms with E-state index in [0.717, 1.165) is 27.3 Å². The molecule has 2 nitrogen and oxygen atoms in total. The van der Waals surface area contributed by atoms with Crippen molar-refractivity contribution in [3.8, 4) is 27.3 Å². The Morgan fingerprint density at radius 3 is 1.93 bits per heavy atom. The topological polar surface area (TPSA) is 26.3 Å². The maximum absolute atomic E-state index is 13.3. The molecule has 0 radical (unpaired) electrons. The molecule has 0 spiro atoms. The predicted molar refractivity (Wildman–Crippen MR) is 122 cm³/mol. The van der Waals surface area contributed by atoms with Gasteiger partial charge in [-0.2, -0.15) is 0 Å². The lowest BCUT2D eigenvalue weighted by Gasteiger charge is -2.05. The van der Waals surface area contributed by atoms with Crippen LogP contribution in [0, 0.1) is 0 Å². The molecule has 0 fully saturated rings. The van der Waals surface area contributed by atoms with Crippen LogP contribution in [-0.4, -0.2) is 12.9 Å². The van der Waals surface area contributed by atoms with Gasteiger partial charge in [0.1, 0.15) is 5.75 Å². The van der Waals surface area contributed by atoms with E-state index in [9.17, 15) is 4.79 Å². The van der Waals surface area contributed by atoms with Crippen molar-refractivity contribution in [2.75, 3.05) is 7.11 Å². The number of thiophene rings is 1. The Balaban J connectivity index is 1.83. The van der Waals surface area contributed by atoms with Gasteiger partial charge < -0.3 is 4.74 Å². The summed E-state index contributed by atoms with van der Waals surface area (Å²) in [4.78, 5) is 15.0. The Hall–Kier alpha value is -2.59. The van der Waals surface area contributed by atoms with E-state index >= 15 is 0 Å². The quantitative estimate of drug-likeness (QED) is 0.299. The Labute approximate surface area is 183 Å². The predicted octanol–water partition coefficient (Wildman–Crippen LogP) is 7.63. The molecule has 0 bridgehead atoms. The Kier molecular flexibility index (Phi) is 5.72. The number of hydrogen-bond acceptors (Lipinski definition) is 3. The fourth-order valence-corrected chi connectivity index (χ4v) is 4.43. The van der Waals surface area contributed by atoms with E-state index in [1.807, 2.05) is 48.5 Å². The molecule has 0 aliphatic heterocycles. The SMILES string of the molecule is COc1ccc(-c2cc(-c3ccc(Cl)cc3)sc2C(=O)c2ccc(Cl)cc2)cc1. The van der Waals surface area contributed by atoms with Crippen molar-refractivity contribution >= 4 is 40.3 Å². The van der Waals surface area contributed by atoms with E-state index in [1.165, 1.54) is 11.3 Å². The van der Waals surface area contributed by atoms with Crippen LogP contribution in [-0.2, 0) is 0 Å². The molecule has 4 aromatic rings. The summed E-state index contributed by atoms with van der Waals surface area (Å²) in [7, 11) is 1.63. The van der Waals surface area contributed by atoms with Crippen molar-refractivity contribution in [2.24, 2.45) is 0 Å². The number of rotatable bonds is 5. The zero-order chi connectivity index (χ0) is 20.4. The first kappa shape index (κ1) is 19.7. The molecule has 0 N–H and O–H groups in total. The smallest absolute Gasteiger partial charge is 0.203 e. The van der Waals surface area contributed by atoms with Crippen LogP contribution in [0.3, 0.4) is 0 Å². The molecule has 1 heterocycles. The third kappa shape index (κ3) is 4.23. The summed E-state index contributed by atoms with van der Waals surface area (Å²) in [5, 5.41) is 1.28. The number of benzene rings is 3. The van der Waals surface area contributed by atoms with E-state index in [4.69, 9.17) is 27.9 Å². The average Bonchev–Trinajstić information content (AvgIpc) is 3.20. The lowest BCUT2D eigenvalue weighted by molar-refractivity contribution is 0.104. The largest absolute Gasteiger partial charge is 0.497 e.